The molecule has 2 N–H and O–H groups in total. The van der Waals surface area contributed by atoms with Crippen LogP contribution in [0.2, 0.25) is 0 Å². The molecule has 0 aliphatic heterocycles. The number of halogens is 2. The van der Waals surface area contributed by atoms with Gasteiger partial charge >= 0.3 is 0 Å². The highest BCUT2D eigenvalue weighted by molar-refractivity contribution is 5.94. The fraction of sp³-hybridized carbons (Fsp3) is 0.294. The summed E-state index contributed by atoms with van der Waals surface area (Å²) in [5.41, 5.74) is 0.116. The van der Waals surface area contributed by atoms with Gasteiger partial charge in [-0.2, -0.15) is 0 Å². The van der Waals surface area contributed by atoms with Gasteiger partial charge in [-0.3, -0.25) is 4.79 Å². The summed E-state index contributed by atoms with van der Waals surface area (Å²) in [6.45, 7) is 1.45. The molecule has 128 valence electrons. The minimum atomic E-state index is -0.709. The van der Waals surface area contributed by atoms with Crippen molar-refractivity contribution in [2.75, 3.05) is 32.5 Å². The van der Waals surface area contributed by atoms with Gasteiger partial charge in [-0.15, -0.1) is 0 Å². The fourth-order valence-corrected chi connectivity index (χ4v) is 2.05. The van der Waals surface area contributed by atoms with Gasteiger partial charge in [0.05, 0.1) is 5.56 Å². The molecule has 0 radical (unpaired) electrons. The first-order valence-electron chi connectivity index (χ1n) is 7.57. The van der Waals surface area contributed by atoms with Crippen molar-refractivity contribution in [2.45, 2.75) is 6.42 Å². The molecule has 0 atom stereocenters. The Labute approximate surface area is 139 Å². The molecule has 1 aromatic carbocycles. The molecule has 0 saturated heterocycles. The van der Waals surface area contributed by atoms with Crippen LogP contribution < -0.4 is 10.6 Å². The van der Waals surface area contributed by atoms with Gasteiger partial charge in [-0.1, -0.05) is 6.07 Å². The van der Waals surface area contributed by atoms with E-state index in [9.17, 15) is 13.6 Å². The number of carbonyl (C=O) groups excluding carboxylic acids is 1. The summed E-state index contributed by atoms with van der Waals surface area (Å²) in [5.74, 6) is -1.40. The van der Waals surface area contributed by atoms with Crippen molar-refractivity contribution >= 4 is 17.4 Å². The van der Waals surface area contributed by atoms with E-state index in [1.165, 1.54) is 18.3 Å². The Balaban J connectivity index is 1.94. The normalized spacial score (nSPS) is 10.7. The van der Waals surface area contributed by atoms with Crippen molar-refractivity contribution in [1.82, 2.24) is 15.2 Å². The number of carbonyl (C=O) groups is 1. The molecule has 1 heterocycles. The third-order valence-corrected chi connectivity index (χ3v) is 3.31. The van der Waals surface area contributed by atoms with E-state index in [1.54, 1.807) is 6.07 Å². The molecule has 0 bridgehead atoms. The van der Waals surface area contributed by atoms with Crippen LogP contribution in [0.1, 0.15) is 16.8 Å². The first kappa shape index (κ1) is 17.8. The predicted octanol–water partition coefficient (Wildman–Crippen LogP) is 2.78. The maximum atomic E-state index is 13.6. The van der Waals surface area contributed by atoms with Gasteiger partial charge in [-0.25, -0.2) is 13.8 Å². The van der Waals surface area contributed by atoms with Crippen molar-refractivity contribution in [1.29, 1.82) is 0 Å². The highest BCUT2D eigenvalue weighted by Crippen LogP contribution is 2.21. The van der Waals surface area contributed by atoms with E-state index in [-0.39, 0.29) is 17.4 Å². The molecule has 24 heavy (non-hydrogen) atoms. The van der Waals surface area contributed by atoms with Crippen LogP contribution in [0.25, 0.3) is 0 Å². The van der Waals surface area contributed by atoms with Crippen LogP contribution in [0.3, 0.4) is 0 Å². The Bertz CT molecular complexity index is 669. The molecule has 0 spiro atoms. The first-order chi connectivity index (χ1) is 11.5. The summed E-state index contributed by atoms with van der Waals surface area (Å²) < 4.78 is 27.2. The third kappa shape index (κ3) is 4.99. The lowest BCUT2D eigenvalue weighted by atomic mass is 10.2. The number of aromatic nitrogens is 1. The van der Waals surface area contributed by atoms with E-state index in [0.29, 0.717) is 12.1 Å². The van der Waals surface area contributed by atoms with Gasteiger partial charge in [0.25, 0.3) is 5.91 Å². The Morgan fingerprint density at radius 1 is 1.17 bits per heavy atom. The van der Waals surface area contributed by atoms with E-state index in [2.05, 4.69) is 15.6 Å². The zero-order valence-corrected chi connectivity index (χ0v) is 13.6. The molecule has 2 aromatic rings. The van der Waals surface area contributed by atoms with Gasteiger partial charge in [0, 0.05) is 12.7 Å². The third-order valence-electron chi connectivity index (χ3n) is 3.31. The standard InChI is InChI=1S/C17H20F2N4O/c1-23(2)10-4-9-20-17(24)12-7-8-15(21-11-12)22-16-13(18)5-3-6-14(16)19/h3,5-8,11H,4,9-10H2,1-2H3,(H,20,24)(H,21,22). The van der Waals surface area contributed by atoms with E-state index in [4.69, 9.17) is 0 Å². The molecule has 7 heteroatoms. The number of nitrogens with one attached hydrogen (secondary N) is 2. The average molecular weight is 334 g/mol. The summed E-state index contributed by atoms with van der Waals surface area (Å²) >= 11 is 0. The van der Waals surface area contributed by atoms with Crippen molar-refractivity contribution in [2.24, 2.45) is 0 Å². The number of anilines is 2. The monoisotopic (exact) mass is 334 g/mol. The molecule has 1 aromatic heterocycles. The second-order valence-electron chi connectivity index (χ2n) is 5.57. The Hall–Kier alpha value is -2.54. The fourth-order valence-electron chi connectivity index (χ4n) is 2.05. The highest BCUT2D eigenvalue weighted by Gasteiger charge is 2.10. The zero-order chi connectivity index (χ0) is 17.5. The Kier molecular flexibility index (Phi) is 6.20. The lowest BCUT2D eigenvalue weighted by Crippen LogP contribution is -2.27. The lowest BCUT2D eigenvalue weighted by Gasteiger charge is -2.10. The maximum absolute atomic E-state index is 13.6. The number of amides is 1. The Morgan fingerprint density at radius 2 is 1.88 bits per heavy atom. The van der Waals surface area contributed by atoms with Gasteiger partial charge < -0.3 is 15.5 Å². The van der Waals surface area contributed by atoms with Crippen molar-refractivity contribution in [3.8, 4) is 0 Å². The smallest absolute Gasteiger partial charge is 0.252 e. The Morgan fingerprint density at radius 3 is 2.46 bits per heavy atom. The van der Waals surface area contributed by atoms with E-state index in [0.717, 1.165) is 25.1 Å². The van der Waals surface area contributed by atoms with Gasteiger partial charge in [0.1, 0.15) is 23.1 Å². The van der Waals surface area contributed by atoms with Crippen molar-refractivity contribution in [3.05, 3.63) is 53.7 Å². The molecule has 1 amide bonds. The number of benzene rings is 1. The van der Waals surface area contributed by atoms with Crippen LogP contribution >= 0.6 is 0 Å². The number of hydrogen-bond acceptors (Lipinski definition) is 4. The minimum absolute atomic E-state index is 0.232. The highest BCUT2D eigenvalue weighted by atomic mass is 19.1. The molecule has 0 aliphatic rings. The topological polar surface area (TPSA) is 57.3 Å². The second kappa shape index (κ2) is 8.35. The van der Waals surface area contributed by atoms with Gasteiger partial charge in [0.15, 0.2) is 0 Å². The van der Waals surface area contributed by atoms with Crippen molar-refractivity contribution < 1.29 is 13.6 Å². The number of hydrogen-bond donors (Lipinski definition) is 2. The number of para-hydroxylation sites is 1. The average Bonchev–Trinajstić information content (AvgIpc) is 2.55. The van der Waals surface area contributed by atoms with Crippen LogP contribution in [0, 0.1) is 11.6 Å². The van der Waals surface area contributed by atoms with Crippen LogP contribution in [-0.2, 0) is 0 Å². The van der Waals surface area contributed by atoms with E-state index in [1.807, 2.05) is 19.0 Å². The summed E-state index contributed by atoms with van der Waals surface area (Å²) in [5, 5.41) is 5.37. The van der Waals surface area contributed by atoms with E-state index < -0.39 is 11.6 Å². The molecule has 0 aliphatic carbocycles. The lowest BCUT2D eigenvalue weighted by molar-refractivity contribution is 0.0952. The number of pyridine rings is 1. The molecule has 0 saturated carbocycles. The molecular formula is C17H20F2N4O. The molecule has 2 rings (SSSR count). The summed E-state index contributed by atoms with van der Waals surface area (Å²) in [6, 6.07) is 6.64. The SMILES string of the molecule is CN(C)CCCNC(=O)c1ccc(Nc2c(F)cccc2F)nc1. The number of rotatable bonds is 7. The quantitative estimate of drug-likeness (QED) is 0.765. The summed E-state index contributed by atoms with van der Waals surface area (Å²) in [4.78, 5) is 18.0. The largest absolute Gasteiger partial charge is 0.352 e. The van der Waals surface area contributed by atoms with Crippen LogP contribution in [-0.4, -0.2) is 43.0 Å². The molecular weight excluding hydrogens is 314 g/mol. The summed E-state index contributed by atoms with van der Waals surface area (Å²) in [6.07, 6.45) is 2.21. The zero-order valence-electron chi connectivity index (χ0n) is 13.6. The van der Waals surface area contributed by atoms with Gasteiger partial charge in [-0.05, 0) is 51.3 Å². The van der Waals surface area contributed by atoms with Crippen molar-refractivity contribution in [3.63, 3.8) is 0 Å². The molecule has 0 unspecified atom stereocenters. The van der Waals surface area contributed by atoms with Gasteiger partial charge in [0.2, 0.25) is 0 Å². The van der Waals surface area contributed by atoms with Crippen LogP contribution in [0.4, 0.5) is 20.3 Å². The minimum Gasteiger partial charge on any atom is -0.352 e. The first-order valence-corrected chi connectivity index (χ1v) is 7.57. The summed E-state index contributed by atoms with van der Waals surface area (Å²) in [7, 11) is 3.94. The van der Waals surface area contributed by atoms with E-state index >= 15 is 0 Å². The maximum Gasteiger partial charge on any atom is 0.252 e. The van der Waals surface area contributed by atoms with Crippen LogP contribution in [0.15, 0.2) is 36.5 Å². The molecule has 5 nitrogen and oxygen atoms in total. The number of nitrogens with zero attached hydrogens (tertiary/aromatic N) is 2. The second-order valence-corrected chi connectivity index (χ2v) is 5.57. The van der Waals surface area contributed by atoms with Crippen LogP contribution in [0.5, 0.6) is 0 Å². The molecule has 0 fully saturated rings. The predicted molar refractivity (Wildman–Crippen MR) is 89.4 cm³/mol.